The molecule has 3 N–H and O–H groups in total. The Bertz CT molecular complexity index is 342. The van der Waals surface area contributed by atoms with E-state index in [-0.39, 0.29) is 12.2 Å². The quantitative estimate of drug-likeness (QED) is 0.521. The van der Waals surface area contributed by atoms with Crippen molar-refractivity contribution in [3.8, 4) is 0 Å². The van der Waals surface area contributed by atoms with Crippen molar-refractivity contribution >= 4 is 16.0 Å². The van der Waals surface area contributed by atoms with Crippen LogP contribution < -0.4 is 5.73 Å². The second-order valence-corrected chi connectivity index (χ2v) is 4.73. The van der Waals surface area contributed by atoms with Crippen LogP contribution in [-0.4, -0.2) is 24.6 Å². The molecule has 0 radical (unpaired) electrons. The molecule has 1 amide bonds. The van der Waals surface area contributed by atoms with Crippen LogP contribution in [0.25, 0.3) is 0 Å². The zero-order chi connectivity index (χ0) is 11.4. The molecule has 82 valence electrons. The maximum atomic E-state index is 10.7. The van der Waals surface area contributed by atoms with E-state index in [0.29, 0.717) is 12.0 Å². The van der Waals surface area contributed by atoms with Gasteiger partial charge in [-0.3, -0.25) is 9.35 Å². The molecule has 0 saturated heterocycles. The first-order valence-electron chi connectivity index (χ1n) is 4.15. The Hall–Kier alpha value is -0.880. The van der Waals surface area contributed by atoms with Crippen molar-refractivity contribution in [2.45, 2.75) is 26.7 Å². The van der Waals surface area contributed by atoms with Crippen LogP contribution in [0.4, 0.5) is 0 Å². The summed E-state index contributed by atoms with van der Waals surface area (Å²) in [5.41, 5.74) is 6.23. The number of primary amides is 1. The molecule has 0 bridgehead atoms. The summed E-state index contributed by atoms with van der Waals surface area (Å²) < 4.78 is 29.2. The number of rotatable bonds is 5. The van der Waals surface area contributed by atoms with Gasteiger partial charge in [-0.1, -0.05) is 5.57 Å². The van der Waals surface area contributed by atoms with E-state index in [2.05, 4.69) is 0 Å². The summed E-state index contributed by atoms with van der Waals surface area (Å²) in [5, 5.41) is 0. The predicted octanol–water partition coefficient (Wildman–Crippen LogP) is 0.476. The first-order valence-corrected chi connectivity index (χ1v) is 5.76. The molecule has 0 spiro atoms. The highest BCUT2D eigenvalue weighted by molar-refractivity contribution is 7.85. The van der Waals surface area contributed by atoms with E-state index in [4.69, 9.17) is 10.3 Å². The molecule has 6 heteroatoms. The third-order valence-corrected chi connectivity index (χ3v) is 2.77. The molecule has 0 aromatic rings. The molecular weight excluding hydrogens is 206 g/mol. The van der Waals surface area contributed by atoms with Crippen LogP contribution >= 0.6 is 0 Å². The number of hydrogen-bond donors (Lipinski definition) is 2. The van der Waals surface area contributed by atoms with E-state index in [1.807, 2.05) is 0 Å². The fourth-order valence-corrected chi connectivity index (χ4v) is 1.43. The zero-order valence-electron chi connectivity index (χ0n) is 8.28. The van der Waals surface area contributed by atoms with Gasteiger partial charge < -0.3 is 5.73 Å². The molecule has 0 saturated carbocycles. The molecular formula is C8H15NO4S. The van der Waals surface area contributed by atoms with E-state index in [1.54, 1.807) is 13.8 Å². The fourth-order valence-electron chi connectivity index (χ4n) is 0.918. The molecule has 14 heavy (non-hydrogen) atoms. The normalized spacial score (nSPS) is 13.6. The molecule has 0 aliphatic carbocycles. The molecule has 0 aromatic heterocycles. The van der Waals surface area contributed by atoms with Crippen molar-refractivity contribution in [1.29, 1.82) is 0 Å². The highest BCUT2D eigenvalue weighted by Crippen LogP contribution is 2.10. The van der Waals surface area contributed by atoms with Crippen molar-refractivity contribution in [3.05, 3.63) is 11.1 Å². The van der Waals surface area contributed by atoms with Gasteiger partial charge in [0.25, 0.3) is 10.1 Å². The minimum atomic E-state index is -3.90. The van der Waals surface area contributed by atoms with E-state index < -0.39 is 16.0 Å². The lowest BCUT2D eigenvalue weighted by Crippen LogP contribution is -2.13. The highest BCUT2D eigenvalue weighted by atomic mass is 32.2. The van der Waals surface area contributed by atoms with Crippen LogP contribution in [0.3, 0.4) is 0 Å². The average Bonchev–Trinajstić information content (AvgIpc) is 2.00. The molecule has 0 unspecified atom stereocenters. The number of amides is 1. The number of allylic oxidation sites excluding steroid dienone is 1. The summed E-state index contributed by atoms with van der Waals surface area (Å²) in [7, 11) is -3.90. The number of hydrogen-bond acceptors (Lipinski definition) is 3. The molecule has 5 nitrogen and oxygen atoms in total. The van der Waals surface area contributed by atoms with Gasteiger partial charge in [0.1, 0.15) is 0 Å². The Kier molecular flexibility index (Phi) is 4.79. The Labute approximate surface area is 83.7 Å². The Balaban J connectivity index is 4.16. The van der Waals surface area contributed by atoms with Gasteiger partial charge in [0, 0.05) is 5.57 Å². The lowest BCUT2D eigenvalue weighted by atomic mass is 10.1. The monoisotopic (exact) mass is 221 g/mol. The Morgan fingerprint density at radius 1 is 1.36 bits per heavy atom. The lowest BCUT2D eigenvalue weighted by Gasteiger charge is -2.03. The summed E-state index contributed by atoms with van der Waals surface area (Å²) >= 11 is 0. The highest BCUT2D eigenvalue weighted by Gasteiger charge is 2.06. The van der Waals surface area contributed by atoms with E-state index in [0.717, 1.165) is 5.57 Å². The van der Waals surface area contributed by atoms with Gasteiger partial charge in [-0.05, 0) is 26.7 Å². The lowest BCUT2D eigenvalue weighted by molar-refractivity contribution is -0.114. The van der Waals surface area contributed by atoms with Gasteiger partial charge in [0.15, 0.2) is 0 Å². The molecule has 0 aliphatic heterocycles. The number of nitrogens with two attached hydrogens (primary N) is 1. The van der Waals surface area contributed by atoms with Gasteiger partial charge in [-0.2, -0.15) is 8.42 Å². The van der Waals surface area contributed by atoms with E-state index in [9.17, 15) is 13.2 Å². The van der Waals surface area contributed by atoms with Crippen LogP contribution in [0.15, 0.2) is 11.1 Å². The van der Waals surface area contributed by atoms with E-state index >= 15 is 0 Å². The first kappa shape index (κ1) is 13.1. The van der Waals surface area contributed by atoms with Crippen molar-refractivity contribution in [3.63, 3.8) is 0 Å². The Morgan fingerprint density at radius 3 is 2.21 bits per heavy atom. The molecule has 0 heterocycles. The average molecular weight is 221 g/mol. The van der Waals surface area contributed by atoms with Crippen molar-refractivity contribution in [1.82, 2.24) is 0 Å². The maximum absolute atomic E-state index is 10.7. The summed E-state index contributed by atoms with van der Waals surface area (Å²) in [4.78, 5) is 10.7. The molecule has 0 fully saturated rings. The third kappa shape index (κ3) is 5.71. The van der Waals surface area contributed by atoms with E-state index in [1.165, 1.54) is 0 Å². The van der Waals surface area contributed by atoms with Crippen LogP contribution in [0.2, 0.25) is 0 Å². The number of carbonyl (C=O) groups excluding carboxylic acids is 1. The fraction of sp³-hybridized carbons (Fsp3) is 0.625. The molecule has 0 aliphatic rings. The second kappa shape index (κ2) is 5.11. The predicted molar refractivity (Wildman–Crippen MR) is 53.2 cm³/mol. The zero-order valence-corrected chi connectivity index (χ0v) is 9.10. The van der Waals surface area contributed by atoms with Crippen molar-refractivity contribution in [2.75, 3.05) is 5.75 Å². The van der Waals surface area contributed by atoms with Crippen LogP contribution in [0.5, 0.6) is 0 Å². The summed E-state index contributed by atoms with van der Waals surface area (Å²) in [6.07, 6.45) is 0.726. The molecule has 0 aromatic carbocycles. The molecule has 0 rings (SSSR count). The first-order chi connectivity index (χ1) is 6.24. The molecule has 0 atom stereocenters. The minimum absolute atomic E-state index is 0.287. The maximum Gasteiger partial charge on any atom is 0.264 e. The number of carbonyl (C=O) groups is 1. The largest absolute Gasteiger partial charge is 0.366 e. The van der Waals surface area contributed by atoms with Gasteiger partial charge in [-0.15, -0.1) is 0 Å². The van der Waals surface area contributed by atoms with Crippen molar-refractivity contribution in [2.24, 2.45) is 5.73 Å². The van der Waals surface area contributed by atoms with Crippen LogP contribution in [-0.2, 0) is 14.9 Å². The second-order valence-electron chi connectivity index (χ2n) is 3.16. The van der Waals surface area contributed by atoms with Gasteiger partial charge in [0.2, 0.25) is 5.91 Å². The topological polar surface area (TPSA) is 97.5 Å². The standard InChI is InChI=1S/C8H15NO4S/c1-6(7(2)8(9)10)4-3-5-14(11,12)13/h3-5H2,1-2H3,(H2,9,10)(H,11,12,13). The summed E-state index contributed by atoms with van der Waals surface area (Å²) in [6, 6.07) is 0. The van der Waals surface area contributed by atoms with Crippen molar-refractivity contribution < 1.29 is 17.8 Å². The third-order valence-electron chi connectivity index (χ3n) is 1.96. The summed E-state index contributed by atoms with van der Waals surface area (Å²) in [6.45, 7) is 3.30. The van der Waals surface area contributed by atoms with Gasteiger partial charge in [0.05, 0.1) is 5.75 Å². The SMILES string of the molecule is CC(CCCS(=O)(=O)O)=C(C)C(N)=O. The van der Waals surface area contributed by atoms with Gasteiger partial charge >= 0.3 is 0 Å². The summed E-state index contributed by atoms with van der Waals surface area (Å²) in [5.74, 6) is -0.800. The van der Waals surface area contributed by atoms with Crippen LogP contribution in [0, 0.1) is 0 Å². The Morgan fingerprint density at radius 2 is 1.86 bits per heavy atom. The minimum Gasteiger partial charge on any atom is -0.366 e. The smallest absolute Gasteiger partial charge is 0.264 e. The van der Waals surface area contributed by atoms with Crippen LogP contribution in [0.1, 0.15) is 26.7 Å². The van der Waals surface area contributed by atoms with Gasteiger partial charge in [-0.25, -0.2) is 0 Å².